The number of rotatable bonds is 9. The van der Waals surface area contributed by atoms with Crippen molar-refractivity contribution in [1.82, 2.24) is 0 Å². The van der Waals surface area contributed by atoms with Gasteiger partial charge in [-0.05, 0) is 161 Å². The van der Waals surface area contributed by atoms with Crippen molar-refractivity contribution in [2.24, 2.45) is 23.7 Å². The lowest BCUT2D eigenvalue weighted by atomic mass is 9.73. The minimum atomic E-state index is -0.120. The predicted octanol–water partition coefficient (Wildman–Crippen LogP) is 14.8. The van der Waals surface area contributed by atoms with E-state index in [0.717, 1.165) is 30.1 Å². The average Bonchev–Trinajstić information content (AvgIpc) is 3.61. The van der Waals surface area contributed by atoms with Crippen LogP contribution in [0.25, 0.3) is 22.3 Å². The summed E-state index contributed by atoms with van der Waals surface area (Å²) >= 11 is 0. The molecule has 0 saturated heterocycles. The lowest BCUT2D eigenvalue weighted by Crippen LogP contribution is -2.23. The van der Waals surface area contributed by atoms with E-state index in [1.165, 1.54) is 105 Å². The van der Waals surface area contributed by atoms with E-state index < -0.39 is 0 Å². The number of aryl methyl sites for hydroxylation is 2. The highest BCUT2D eigenvalue weighted by molar-refractivity contribution is 5.86. The molecule has 0 heterocycles. The highest BCUT2D eigenvalue weighted by atomic mass is 15.1. The molecule has 4 atom stereocenters. The van der Waals surface area contributed by atoms with Gasteiger partial charge in [-0.2, -0.15) is 0 Å². The van der Waals surface area contributed by atoms with Crippen LogP contribution in [-0.4, -0.2) is 0 Å². The summed E-state index contributed by atoms with van der Waals surface area (Å²) < 4.78 is 0. The first-order chi connectivity index (χ1) is 26.6. The molecule has 3 aliphatic rings. The van der Waals surface area contributed by atoms with Gasteiger partial charge in [0.05, 0.1) is 0 Å². The molecule has 0 spiro atoms. The zero-order chi connectivity index (χ0) is 37.9. The van der Waals surface area contributed by atoms with Crippen LogP contribution in [0.2, 0.25) is 0 Å². The highest BCUT2D eigenvalue weighted by Gasteiger charge is 2.40. The van der Waals surface area contributed by atoms with Crippen LogP contribution < -0.4 is 4.90 Å². The quantitative estimate of drug-likeness (QED) is 0.144. The smallest absolute Gasteiger partial charge is 0.0465 e. The maximum absolute atomic E-state index is 2.57. The summed E-state index contributed by atoms with van der Waals surface area (Å²) in [7, 11) is 0. The van der Waals surface area contributed by atoms with Crippen LogP contribution in [0.15, 0.2) is 140 Å². The van der Waals surface area contributed by atoms with E-state index in [0.29, 0.717) is 0 Å². The Morgan fingerprint density at radius 3 is 2.05 bits per heavy atom. The first-order valence-corrected chi connectivity index (χ1v) is 21.0. The molecular weight excluding hydrogens is 663 g/mol. The van der Waals surface area contributed by atoms with Gasteiger partial charge in [-0.1, -0.05) is 138 Å². The van der Waals surface area contributed by atoms with Gasteiger partial charge in [0.1, 0.15) is 0 Å². The van der Waals surface area contributed by atoms with Crippen molar-refractivity contribution < 1.29 is 0 Å². The summed E-state index contributed by atoms with van der Waals surface area (Å²) in [6.45, 7) is 14.4. The Morgan fingerprint density at radius 1 is 0.600 bits per heavy atom. The fraction of sp³-hybridized carbons (Fsp3) is 0.333. The fourth-order valence-electron chi connectivity index (χ4n) is 11.4. The van der Waals surface area contributed by atoms with Gasteiger partial charge in [0.15, 0.2) is 0 Å². The van der Waals surface area contributed by atoms with E-state index in [1.54, 1.807) is 0 Å². The molecular formula is C54H57N. The Labute approximate surface area is 330 Å². The van der Waals surface area contributed by atoms with Crippen LogP contribution in [-0.2, 0) is 17.3 Å². The van der Waals surface area contributed by atoms with Crippen molar-refractivity contribution >= 4 is 17.1 Å². The molecule has 55 heavy (non-hydrogen) atoms. The van der Waals surface area contributed by atoms with Gasteiger partial charge in [0.2, 0.25) is 0 Å². The van der Waals surface area contributed by atoms with Crippen LogP contribution in [0.4, 0.5) is 17.1 Å². The minimum Gasteiger partial charge on any atom is -0.310 e. The average molecular weight is 720 g/mol. The third kappa shape index (κ3) is 6.44. The molecule has 6 aromatic carbocycles. The first-order valence-electron chi connectivity index (χ1n) is 21.0. The maximum atomic E-state index is 2.57. The second-order valence-electron chi connectivity index (χ2n) is 18.4. The second-order valence-corrected chi connectivity index (χ2v) is 18.4. The molecule has 0 radical (unpaired) electrons. The van der Waals surface area contributed by atoms with Crippen molar-refractivity contribution in [2.75, 3.05) is 4.90 Å². The Hall–Kier alpha value is -4.88. The van der Waals surface area contributed by atoms with Crippen LogP contribution >= 0.6 is 0 Å². The summed E-state index contributed by atoms with van der Waals surface area (Å²) in [6, 6.07) is 52.6. The van der Waals surface area contributed by atoms with E-state index in [9.17, 15) is 0 Å². The van der Waals surface area contributed by atoms with E-state index in [-0.39, 0.29) is 10.8 Å². The van der Waals surface area contributed by atoms with Crippen LogP contribution in [0.3, 0.4) is 0 Å². The predicted molar refractivity (Wildman–Crippen MR) is 234 cm³/mol. The molecule has 0 amide bonds. The molecule has 1 unspecified atom stereocenters. The lowest BCUT2D eigenvalue weighted by molar-refractivity contribution is 0.254. The van der Waals surface area contributed by atoms with Gasteiger partial charge in [-0.15, -0.1) is 0 Å². The monoisotopic (exact) mass is 719 g/mol. The first kappa shape index (κ1) is 35.8. The zero-order valence-corrected chi connectivity index (χ0v) is 33.8. The number of hydrogen-bond acceptors (Lipinski definition) is 1. The normalized spacial score (nSPS) is 20.9. The molecule has 2 saturated carbocycles. The Balaban J connectivity index is 1.17. The van der Waals surface area contributed by atoms with Crippen molar-refractivity contribution in [1.29, 1.82) is 0 Å². The number of anilines is 3. The van der Waals surface area contributed by atoms with E-state index in [1.807, 2.05) is 0 Å². The SMILES string of the molecule is Cc1ccccc1C(C)(C)c1ccc(N(c2ccc(-c3ccccc3)cc2)c2ccc3c(c2)C(C)(C)c2ccccc2-3)cc1CCC1C[C@@H]2C[C@H](C)C[C@H]1C2. The highest BCUT2D eigenvalue weighted by Crippen LogP contribution is 2.52. The molecule has 3 aliphatic carbocycles. The molecule has 1 heteroatoms. The maximum Gasteiger partial charge on any atom is 0.0465 e. The lowest BCUT2D eigenvalue weighted by Gasteiger charge is -2.33. The van der Waals surface area contributed by atoms with Crippen molar-refractivity contribution in [3.05, 3.63) is 173 Å². The third-order valence-electron chi connectivity index (χ3n) is 14.1. The second kappa shape index (κ2) is 14.0. The molecule has 1 nitrogen and oxygen atoms in total. The van der Waals surface area contributed by atoms with E-state index >= 15 is 0 Å². The Bertz CT molecular complexity index is 2330. The molecule has 2 fully saturated rings. The third-order valence-corrected chi connectivity index (χ3v) is 14.1. The Kier molecular flexibility index (Phi) is 9.12. The number of benzene rings is 6. The molecule has 278 valence electrons. The standard InChI is InChI=1S/C54H57N/c1-36-30-38-32-41(43(31-36)33-38)20-21-42-34-45(27-29-50(42)53(3,4)49-18-12-10-14-37(49)2)55(44-24-22-40(23-25-44)39-15-8-7-9-16-39)46-26-28-48-47-17-11-13-19-51(47)54(5,6)52(48)35-46/h7-19,22-29,34-36,38,41,43H,20-21,30-33H2,1-6H3/t36-,38-,41?,43-/m0/s1. The van der Waals surface area contributed by atoms with Gasteiger partial charge in [0, 0.05) is 27.9 Å². The largest absolute Gasteiger partial charge is 0.310 e. The number of hydrogen-bond donors (Lipinski definition) is 0. The van der Waals surface area contributed by atoms with Gasteiger partial charge in [-0.3, -0.25) is 0 Å². The topological polar surface area (TPSA) is 3.24 Å². The minimum absolute atomic E-state index is 0.0752. The molecule has 6 aromatic rings. The van der Waals surface area contributed by atoms with Crippen molar-refractivity contribution in [3.8, 4) is 22.3 Å². The van der Waals surface area contributed by atoms with Gasteiger partial charge in [-0.25, -0.2) is 0 Å². The van der Waals surface area contributed by atoms with Crippen LogP contribution in [0.5, 0.6) is 0 Å². The summed E-state index contributed by atoms with van der Waals surface area (Å²) in [5, 5.41) is 0. The van der Waals surface area contributed by atoms with Gasteiger partial charge < -0.3 is 4.90 Å². The van der Waals surface area contributed by atoms with Crippen molar-refractivity contribution in [3.63, 3.8) is 0 Å². The van der Waals surface area contributed by atoms with Crippen molar-refractivity contribution in [2.45, 2.75) is 90.9 Å². The van der Waals surface area contributed by atoms with E-state index in [4.69, 9.17) is 0 Å². The summed E-state index contributed by atoms with van der Waals surface area (Å²) in [5.74, 6) is 3.58. The summed E-state index contributed by atoms with van der Waals surface area (Å²) in [5.41, 5.74) is 17.2. The summed E-state index contributed by atoms with van der Waals surface area (Å²) in [4.78, 5) is 2.52. The number of nitrogens with zero attached hydrogens (tertiary/aromatic N) is 1. The zero-order valence-electron chi connectivity index (χ0n) is 33.8. The Morgan fingerprint density at radius 2 is 1.25 bits per heavy atom. The number of fused-ring (bicyclic) bond motifs is 5. The molecule has 2 bridgehead atoms. The fourth-order valence-corrected chi connectivity index (χ4v) is 11.4. The van der Waals surface area contributed by atoms with Crippen LogP contribution in [0.1, 0.15) is 100 Å². The van der Waals surface area contributed by atoms with Gasteiger partial charge in [0.25, 0.3) is 0 Å². The molecule has 0 N–H and O–H groups in total. The molecule has 0 aromatic heterocycles. The van der Waals surface area contributed by atoms with Crippen LogP contribution in [0, 0.1) is 30.6 Å². The summed E-state index contributed by atoms with van der Waals surface area (Å²) in [6.07, 6.45) is 8.16. The van der Waals surface area contributed by atoms with Gasteiger partial charge >= 0.3 is 0 Å². The molecule has 0 aliphatic heterocycles. The molecule has 9 rings (SSSR count). The van der Waals surface area contributed by atoms with E-state index in [2.05, 4.69) is 186 Å².